The van der Waals surface area contributed by atoms with Crippen LogP contribution in [0.25, 0.3) is 11.1 Å². The maximum absolute atomic E-state index is 8.59. The summed E-state index contributed by atoms with van der Waals surface area (Å²) in [4.78, 5) is 4.20. The highest BCUT2D eigenvalue weighted by Crippen LogP contribution is 2.16. The van der Waals surface area contributed by atoms with Gasteiger partial charge in [-0.1, -0.05) is 11.8 Å². The number of oxazole rings is 1. The predicted molar refractivity (Wildman–Crippen MR) is 57.3 cm³/mol. The number of aliphatic hydroxyl groups is 1. The van der Waals surface area contributed by atoms with Gasteiger partial charge in [0.25, 0.3) is 0 Å². The van der Waals surface area contributed by atoms with Crippen molar-refractivity contribution in [3.8, 4) is 11.8 Å². The third-order valence-electron chi connectivity index (χ3n) is 1.96. The van der Waals surface area contributed by atoms with Crippen LogP contribution < -0.4 is 0 Å². The van der Waals surface area contributed by atoms with Gasteiger partial charge in [0.2, 0.25) is 0 Å². The van der Waals surface area contributed by atoms with Gasteiger partial charge in [-0.3, -0.25) is 0 Å². The molecule has 0 aliphatic carbocycles. The SMILES string of the molecule is Cc1nc2ccc(C#CCCO)cc2o1. The minimum atomic E-state index is 0.0939. The quantitative estimate of drug-likeness (QED) is 0.716. The average Bonchev–Trinajstić information content (AvgIpc) is 2.57. The fourth-order valence-corrected chi connectivity index (χ4v) is 1.34. The molecular formula is C12H11NO2. The van der Waals surface area contributed by atoms with Crippen molar-refractivity contribution in [2.45, 2.75) is 13.3 Å². The van der Waals surface area contributed by atoms with Crippen molar-refractivity contribution in [1.29, 1.82) is 0 Å². The van der Waals surface area contributed by atoms with Crippen molar-refractivity contribution in [2.75, 3.05) is 6.61 Å². The maximum atomic E-state index is 8.59. The largest absolute Gasteiger partial charge is 0.441 e. The highest BCUT2D eigenvalue weighted by Gasteiger charge is 2.01. The van der Waals surface area contributed by atoms with Crippen LogP contribution in [-0.4, -0.2) is 16.7 Å². The Hall–Kier alpha value is -1.79. The van der Waals surface area contributed by atoms with Crippen LogP contribution in [0.3, 0.4) is 0 Å². The summed E-state index contributed by atoms with van der Waals surface area (Å²) in [5.41, 5.74) is 2.48. The molecule has 2 aromatic rings. The molecule has 76 valence electrons. The Kier molecular flexibility index (Phi) is 2.70. The number of aryl methyl sites for hydroxylation is 1. The summed E-state index contributed by atoms with van der Waals surface area (Å²) in [6.07, 6.45) is 0.494. The fraction of sp³-hybridized carbons (Fsp3) is 0.250. The van der Waals surface area contributed by atoms with Crippen molar-refractivity contribution in [1.82, 2.24) is 4.98 Å². The lowest BCUT2D eigenvalue weighted by Crippen LogP contribution is -1.78. The number of hydrogen-bond donors (Lipinski definition) is 1. The van der Waals surface area contributed by atoms with E-state index in [-0.39, 0.29) is 6.61 Å². The minimum Gasteiger partial charge on any atom is -0.441 e. The molecule has 3 heteroatoms. The molecule has 0 saturated heterocycles. The van der Waals surface area contributed by atoms with E-state index < -0.39 is 0 Å². The van der Waals surface area contributed by atoms with Crippen LogP contribution in [0.2, 0.25) is 0 Å². The van der Waals surface area contributed by atoms with E-state index in [1.807, 2.05) is 25.1 Å². The third-order valence-corrected chi connectivity index (χ3v) is 1.96. The second-order valence-electron chi connectivity index (χ2n) is 3.19. The van der Waals surface area contributed by atoms with Gasteiger partial charge in [0.15, 0.2) is 11.5 Å². The van der Waals surface area contributed by atoms with E-state index in [0.29, 0.717) is 12.3 Å². The topological polar surface area (TPSA) is 46.3 Å². The molecule has 0 aliphatic rings. The first-order valence-corrected chi connectivity index (χ1v) is 4.76. The van der Waals surface area contributed by atoms with Gasteiger partial charge in [-0.15, -0.1) is 0 Å². The lowest BCUT2D eigenvalue weighted by atomic mass is 10.2. The number of hydrogen-bond acceptors (Lipinski definition) is 3. The molecule has 1 N–H and O–H groups in total. The summed E-state index contributed by atoms with van der Waals surface area (Å²) in [7, 11) is 0. The molecule has 1 aromatic carbocycles. The minimum absolute atomic E-state index is 0.0939. The van der Waals surface area contributed by atoms with Gasteiger partial charge in [0.05, 0.1) is 6.61 Å². The summed E-state index contributed by atoms with van der Waals surface area (Å²) in [5.74, 6) is 6.47. The van der Waals surface area contributed by atoms with Crippen LogP contribution in [0.4, 0.5) is 0 Å². The standard InChI is InChI=1S/C12H11NO2/c1-9-13-11-6-5-10(4-2-3-7-14)8-12(11)15-9/h5-6,8,14H,3,7H2,1H3. The molecule has 1 aromatic heterocycles. The smallest absolute Gasteiger partial charge is 0.192 e. The highest BCUT2D eigenvalue weighted by atomic mass is 16.3. The van der Waals surface area contributed by atoms with Crippen LogP contribution in [-0.2, 0) is 0 Å². The number of aliphatic hydroxyl groups excluding tert-OH is 1. The summed E-state index contributed by atoms with van der Waals surface area (Å²) < 4.78 is 5.39. The molecule has 0 unspecified atom stereocenters. The van der Waals surface area contributed by atoms with Gasteiger partial charge in [-0.05, 0) is 18.2 Å². The van der Waals surface area contributed by atoms with Crippen LogP contribution in [0.5, 0.6) is 0 Å². The molecular weight excluding hydrogens is 190 g/mol. The van der Waals surface area contributed by atoms with Crippen LogP contribution >= 0.6 is 0 Å². The Labute approximate surface area is 87.7 Å². The van der Waals surface area contributed by atoms with E-state index in [0.717, 1.165) is 16.7 Å². The van der Waals surface area contributed by atoms with E-state index in [1.54, 1.807) is 0 Å². The van der Waals surface area contributed by atoms with Gasteiger partial charge in [-0.25, -0.2) is 4.98 Å². The fourth-order valence-electron chi connectivity index (χ4n) is 1.34. The highest BCUT2D eigenvalue weighted by molar-refractivity contribution is 5.74. The van der Waals surface area contributed by atoms with Gasteiger partial charge in [-0.2, -0.15) is 0 Å². The third kappa shape index (κ3) is 2.17. The monoisotopic (exact) mass is 201 g/mol. The molecule has 0 atom stereocenters. The van der Waals surface area contributed by atoms with E-state index in [9.17, 15) is 0 Å². The zero-order valence-corrected chi connectivity index (χ0v) is 8.45. The van der Waals surface area contributed by atoms with E-state index >= 15 is 0 Å². The van der Waals surface area contributed by atoms with Crippen molar-refractivity contribution in [3.63, 3.8) is 0 Å². The first-order chi connectivity index (χ1) is 7.29. The molecule has 0 bridgehead atoms. The summed E-state index contributed by atoms with van der Waals surface area (Å²) in [5, 5.41) is 8.59. The molecule has 0 saturated carbocycles. The van der Waals surface area contributed by atoms with Crippen LogP contribution in [0, 0.1) is 18.8 Å². The molecule has 15 heavy (non-hydrogen) atoms. The van der Waals surface area contributed by atoms with Crippen molar-refractivity contribution in [2.24, 2.45) is 0 Å². The lowest BCUT2D eigenvalue weighted by molar-refractivity contribution is 0.305. The molecule has 1 heterocycles. The molecule has 0 aliphatic heterocycles. The van der Waals surface area contributed by atoms with Crippen LogP contribution in [0.1, 0.15) is 17.9 Å². The number of benzene rings is 1. The number of aromatic nitrogens is 1. The zero-order valence-electron chi connectivity index (χ0n) is 8.45. The predicted octanol–water partition coefficient (Wildman–Crippen LogP) is 1.87. The van der Waals surface area contributed by atoms with Crippen molar-refractivity contribution >= 4 is 11.1 Å². The second kappa shape index (κ2) is 4.16. The molecule has 0 spiro atoms. The van der Waals surface area contributed by atoms with Gasteiger partial charge in [0.1, 0.15) is 5.52 Å². The van der Waals surface area contributed by atoms with Crippen LogP contribution in [0.15, 0.2) is 22.6 Å². The summed E-state index contributed by atoms with van der Waals surface area (Å²) >= 11 is 0. The van der Waals surface area contributed by atoms with E-state index in [2.05, 4.69) is 16.8 Å². The molecule has 0 fully saturated rings. The Morgan fingerprint density at radius 2 is 2.33 bits per heavy atom. The van der Waals surface area contributed by atoms with E-state index in [1.165, 1.54) is 0 Å². The Morgan fingerprint density at radius 3 is 3.13 bits per heavy atom. The normalized spacial score (nSPS) is 10.0. The first kappa shape index (κ1) is 9.75. The maximum Gasteiger partial charge on any atom is 0.192 e. The van der Waals surface area contributed by atoms with Gasteiger partial charge in [0, 0.05) is 18.9 Å². The number of rotatable bonds is 1. The Morgan fingerprint density at radius 1 is 1.47 bits per heavy atom. The molecule has 0 radical (unpaired) electrons. The van der Waals surface area contributed by atoms with Gasteiger partial charge < -0.3 is 9.52 Å². The number of nitrogens with zero attached hydrogens (tertiary/aromatic N) is 1. The molecule has 3 nitrogen and oxygen atoms in total. The first-order valence-electron chi connectivity index (χ1n) is 4.76. The lowest BCUT2D eigenvalue weighted by Gasteiger charge is -1.88. The second-order valence-corrected chi connectivity index (χ2v) is 3.19. The Balaban J connectivity index is 2.35. The Bertz CT molecular complexity index is 531. The molecule has 0 amide bonds. The molecule has 2 rings (SSSR count). The summed E-state index contributed by atoms with van der Waals surface area (Å²) in [6, 6.07) is 5.64. The van der Waals surface area contributed by atoms with Crippen molar-refractivity contribution in [3.05, 3.63) is 29.7 Å². The van der Waals surface area contributed by atoms with E-state index in [4.69, 9.17) is 9.52 Å². The van der Waals surface area contributed by atoms with Gasteiger partial charge >= 0.3 is 0 Å². The average molecular weight is 201 g/mol. The summed E-state index contributed by atoms with van der Waals surface area (Å²) in [6.45, 7) is 1.91. The zero-order chi connectivity index (χ0) is 10.7. The van der Waals surface area contributed by atoms with Crippen molar-refractivity contribution < 1.29 is 9.52 Å². The number of fused-ring (bicyclic) bond motifs is 1.